The van der Waals surface area contributed by atoms with Crippen LogP contribution in [-0.2, 0) is 4.79 Å². The fourth-order valence-corrected chi connectivity index (χ4v) is 4.54. The van der Waals surface area contributed by atoms with E-state index in [0.717, 1.165) is 45.6 Å². The van der Waals surface area contributed by atoms with Crippen LogP contribution in [0.3, 0.4) is 0 Å². The van der Waals surface area contributed by atoms with Crippen LogP contribution in [0.25, 0.3) is 11.0 Å². The van der Waals surface area contributed by atoms with Crippen molar-refractivity contribution < 1.29 is 9.53 Å². The summed E-state index contributed by atoms with van der Waals surface area (Å²) in [5, 5.41) is 6.35. The maximum Gasteiger partial charge on any atom is 0.246 e. The number of benzene rings is 1. The van der Waals surface area contributed by atoms with Gasteiger partial charge in [0.05, 0.1) is 17.8 Å². The van der Waals surface area contributed by atoms with E-state index >= 15 is 0 Å². The monoisotopic (exact) mass is 563 g/mol. The van der Waals surface area contributed by atoms with Crippen molar-refractivity contribution in [1.82, 2.24) is 19.9 Å². The molecule has 1 fully saturated rings. The van der Waals surface area contributed by atoms with E-state index in [9.17, 15) is 4.79 Å². The second kappa shape index (κ2) is 11.4. The van der Waals surface area contributed by atoms with Gasteiger partial charge in [-0.3, -0.25) is 9.78 Å². The Morgan fingerprint density at radius 2 is 1.91 bits per heavy atom. The van der Waals surface area contributed by atoms with E-state index in [2.05, 4.69) is 46.5 Å². The van der Waals surface area contributed by atoms with Gasteiger partial charge < -0.3 is 20.3 Å². The van der Waals surface area contributed by atoms with Crippen molar-refractivity contribution in [2.75, 3.05) is 29.2 Å². The predicted molar refractivity (Wildman–Crippen MR) is 150 cm³/mol. The van der Waals surface area contributed by atoms with Crippen LogP contribution in [0.15, 0.2) is 29.0 Å². The SMILES string of the molecule is C.C.Cc1nc(NC2CC(COc3cc(Br)cc4nccnc34)C2)nc2c1NC(=O)[C@H](C)N2C.S. The molecular weight excluding hydrogens is 530 g/mol. The molecule has 1 aromatic carbocycles. The second-order valence-electron chi connectivity index (χ2n) is 8.43. The van der Waals surface area contributed by atoms with E-state index in [-0.39, 0.29) is 40.3 Å². The van der Waals surface area contributed by atoms with Gasteiger partial charge in [0, 0.05) is 30.0 Å². The Kier molecular flexibility index (Phi) is 9.29. The second-order valence-corrected chi connectivity index (χ2v) is 9.34. The average Bonchev–Trinajstić information content (AvgIpc) is 2.74. The van der Waals surface area contributed by atoms with Gasteiger partial charge in [-0.1, -0.05) is 30.8 Å². The number of fused-ring (bicyclic) bond motifs is 2. The summed E-state index contributed by atoms with van der Waals surface area (Å²) in [6.45, 7) is 4.37. The Morgan fingerprint density at radius 1 is 1.20 bits per heavy atom. The van der Waals surface area contributed by atoms with Gasteiger partial charge in [-0.05, 0) is 44.7 Å². The maximum atomic E-state index is 12.1. The summed E-state index contributed by atoms with van der Waals surface area (Å²) < 4.78 is 7.01. The molecule has 5 rings (SSSR count). The molecule has 3 heterocycles. The molecule has 9 nitrogen and oxygen atoms in total. The fourth-order valence-electron chi connectivity index (χ4n) is 4.11. The number of nitrogens with one attached hydrogen (secondary N) is 2. The standard InChI is InChI=1S/C22H24BrN7O2.2CH4.H2S/c1-11-18-20(30(3)12(2)21(31)28-18)29-22(26-11)27-15-6-13(7-15)10-32-17-9-14(23)8-16-19(17)25-5-4-24-16;;;/h4-5,8-9,12-13,15H,6-7,10H2,1-3H3,(H,28,31)(H,26,27,29);2*1H4;1H2/t12-,13?,15?;;;/m0.../s1. The third kappa shape index (κ3) is 5.61. The van der Waals surface area contributed by atoms with Gasteiger partial charge in [0.1, 0.15) is 23.0 Å². The number of hydrogen-bond donors (Lipinski definition) is 2. The number of nitrogens with zero attached hydrogens (tertiary/aromatic N) is 5. The summed E-state index contributed by atoms with van der Waals surface area (Å²) in [6.07, 6.45) is 5.30. The van der Waals surface area contributed by atoms with Gasteiger partial charge in [-0.15, -0.1) is 0 Å². The van der Waals surface area contributed by atoms with Gasteiger partial charge in [0.25, 0.3) is 0 Å². The highest BCUT2D eigenvalue weighted by Gasteiger charge is 2.33. The first-order valence-electron chi connectivity index (χ1n) is 10.6. The van der Waals surface area contributed by atoms with Crippen molar-refractivity contribution in [2.45, 2.75) is 53.6 Å². The van der Waals surface area contributed by atoms with Crippen molar-refractivity contribution in [2.24, 2.45) is 5.92 Å². The maximum absolute atomic E-state index is 12.1. The summed E-state index contributed by atoms with van der Waals surface area (Å²) in [5.74, 6) is 2.48. The van der Waals surface area contributed by atoms with Crippen LogP contribution < -0.4 is 20.3 Å². The fraction of sp³-hybridized carbons (Fsp3) is 0.458. The van der Waals surface area contributed by atoms with Crippen molar-refractivity contribution in [3.63, 3.8) is 0 Å². The van der Waals surface area contributed by atoms with Gasteiger partial charge >= 0.3 is 0 Å². The number of amides is 1. The molecule has 2 aliphatic rings. The van der Waals surface area contributed by atoms with Crippen molar-refractivity contribution >= 4 is 63.8 Å². The van der Waals surface area contributed by atoms with Crippen LogP contribution in [0.2, 0.25) is 0 Å². The zero-order valence-corrected chi connectivity index (χ0v) is 21.2. The van der Waals surface area contributed by atoms with Gasteiger partial charge in [-0.25, -0.2) is 9.97 Å². The molecule has 1 saturated carbocycles. The van der Waals surface area contributed by atoms with Gasteiger partial charge in [0.2, 0.25) is 11.9 Å². The highest BCUT2D eigenvalue weighted by molar-refractivity contribution is 9.10. The number of halogens is 1. The Bertz CT molecular complexity index is 1210. The Morgan fingerprint density at radius 3 is 2.66 bits per heavy atom. The number of hydrogen-bond acceptors (Lipinski definition) is 8. The number of carbonyl (C=O) groups is 1. The van der Waals surface area contributed by atoms with E-state index in [0.29, 0.717) is 30.2 Å². The Hall–Kier alpha value is -2.66. The summed E-state index contributed by atoms with van der Waals surface area (Å²) in [7, 11) is 1.88. The van der Waals surface area contributed by atoms with E-state index in [1.807, 2.05) is 37.9 Å². The van der Waals surface area contributed by atoms with Crippen molar-refractivity contribution in [3.05, 3.63) is 34.7 Å². The molecular formula is C24H34BrN7O2S. The largest absolute Gasteiger partial charge is 0.491 e. The van der Waals surface area contributed by atoms with E-state index in [1.165, 1.54) is 0 Å². The van der Waals surface area contributed by atoms with E-state index in [4.69, 9.17) is 4.74 Å². The highest BCUT2D eigenvalue weighted by atomic mass is 79.9. The molecule has 0 spiro atoms. The lowest BCUT2D eigenvalue weighted by atomic mass is 9.81. The first-order valence-corrected chi connectivity index (χ1v) is 11.4. The zero-order chi connectivity index (χ0) is 22.4. The molecule has 11 heteroatoms. The summed E-state index contributed by atoms with van der Waals surface area (Å²) in [6, 6.07) is 3.89. The molecule has 0 bridgehead atoms. The molecule has 2 N–H and O–H groups in total. The predicted octanol–water partition coefficient (Wildman–Crippen LogP) is 4.92. The number of carbonyl (C=O) groups excluding carboxylic acids is 1. The molecule has 1 atom stereocenters. The number of aryl methyl sites for hydroxylation is 1. The molecule has 3 aromatic rings. The van der Waals surface area contributed by atoms with Gasteiger partial charge in [0.15, 0.2) is 5.82 Å². The van der Waals surface area contributed by atoms with Crippen LogP contribution >= 0.6 is 29.4 Å². The molecule has 0 radical (unpaired) electrons. The normalized spacial score (nSPS) is 20.3. The van der Waals surface area contributed by atoms with Crippen LogP contribution in [0, 0.1) is 12.8 Å². The quantitative estimate of drug-likeness (QED) is 0.450. The van der Waals surface area contributed by atoms with Crippen LogP contribution in [0.5, 0.6) is 5.75 Å². The lowest BCUT2D eigenvalue weighted by molar-refractivity contribution is -0.117. The lowest BCUT2D eigenvalue weighted by Gasteiger charge is -2.36. The topological polar surface area (TPSA) is 105 Å². The third-order valence-electron chi connectivity index (χ3n) is 6.16. The third-order valence-corrected chi connectivity index (χ3v) is 6.62. The minimum Gasteiger partial charge on any atom is -0.491 e. The number of ether oxygens (including phenoxy) is 1. The Balaban J connectivity index is 0.00000144. The molecule has 0 unspecified atom stereocenters. The first-order chi connectivity index (χ1) is 15.4. The van der Waals surface area contributed by atoms with E-state index in [1.54, 1.807) is 12.4 Å². The highest BCUT2D eigenvalue weighted by Crippen LogP contribution is 2.35. The first kappa shape index (κ1) is 28.6. The minimum absolute atomic E-state index is 0. The molecule has 1 aliphatic heterocycles. The zero-order valence-electron chi connectivity index (χ0n) is 18.6. The smallest absolute Gasteiger partial charge is 0.246 e. The number of rotatable bonds is 5. The summed E-state index contributed by atoms with van der Waals surface area (Å²) in [5.41, 5.74) is 3.02. The molecule has 2 aromatic heterocycles. The van der Waals surface area contributed by atoms with E-state index < -0.39 is 0 Å². The molecule has 35 heavy (non-hydrogen) atoms. The molecule has 1 amide bonds. The molecule has 0 saturated heterocycles. The van der Waals surface area contributed by atoms with Crippen molar-refractivity contribution in [3.8, 4) is 5.75 Å². The number of aromatic nitrogens is 4. The summed E-state index contributed by atoms with van der Waals surface area (Å²) >= 11 is 3.51. The minimum atomic E-state index is -0.270. The van der Waals surface area contributed by atoms with Crippen LogP contribution in [-0.4, -0.2) is 51.6 Å². The van der Waals surface area contributed by atoms with Crippen molar-refractivity contribution in [1.29, 1.82) is 0 Å². The Labute approximate surface area is 222 Å². The summed E-state index contributed by atoms with van der Waals surface area (Å²) in [4.78, 5) is 31.9. The van der Waals surface area contributed by atoms with Gasteiger partial charge in [-0.2, -0.15) is 18.5 Å². The molecule has 190 valence electrons. The average molecular weight is 565 g/mol. The number of likely N-dealkylation sites (N-methyl/N-ethyl adjacent to an activating group) is 1. The molecule has 1 aliphatic carbocycles. The van der Waals surface area contributed by atoms with Crippen LogP contribution in [0.1, 0.15) is 40.3 Å². The lowest BCUT2D eigenvalue weighted by Crippen LogP contribution is -2.45. The number of anilines is 3. The van der Waals surface area contributed by atoms with Crippen LogP contribution in [0.4, 0.5) is 17.5 Å².